The van der Waals surface area contributed by atoms with Crippen LogP contribution in [0.4, 0.5) is 0 Å². The monoisotopic (exact) mass is 432 g/mol. The normalized spacial score (nSPS) is 18.0. The van der Waals surface area contributed by atoms with Crippen molar-refractivity contribution in [2.75, 3.05) is 6.61 Å². The van der Waals surface area contributed by atoms with Gasteiger partial charge < -0.3 is 9.64 Å². The van der Waals surface area contributed by atoms with Gasteiger partial charge in [-0.25, -0.2) is 9.67 Å². The molecule has 0 radical (unpaired) electrons. The van der Waals surface area contributed by atoms with E-state index in [2.05, 4.69) is 20.6 Å². The summed E-state index contributed by atoms with van der Waals surface area (Å²) in [5.41, 5.74) is 3.21. The zero-order valence-corrected chi connectivity index (χ0v) is 17.3. The molecule has 1 saturated heterocycles. The minimum atomic E-state index is -0.641. The van der Waals surface area contributed by atoms with E-state index in [-0.39, 0.29) is 18.2 Å². The molecular formula is C22H20N6O4. The van der Waals surface area contributed by atoms with Gasteiger partial charge in [-0.15, -0.1) is 5.10 Å². The molecule has 10 heteroatoms. The molecule has 2 aliphatic heterocycles. The number of hydrogen-bond acceptors (Lipinski definition) is 7. The second-order valence-electron chi connectivity index (χ2n) is 7.58. The highest BCUT2D eigenvalue weighted by Gasteiger charge is 2.39. The van der Waals surface area contributed by atoms with E-state index in [9.17, 15) is 14.4 Å². The molecule has 2 aromatic heterocycles. The van der Waals surface area contributed by atoms with Crippen LogP contribution in [0.2, 0.25) is 0 Å². The minimum Gasteiger partial charge on any atom is -0.478 e. The van der Waals surface area contributed by atoms with Crippen molar-refractivity contribution in [1.29, 1.82) is 0 Å². The number of rotatable bonds is 5. The predicted molar refractivity (Wildman–Crippen MR) is 112 cm³/mol. The van der Waals surface area contributed by atoms with Gasteiger partial charge in [0, 0.05) is 24.6 Å². The van der Waals surface area contributed by atoms with Crippen molar-refractivity contribution >= 4 is 17.7 Å². The number of nitrogens with one attached hydrogen (secondary N) is 1. The lowest BCUT2D eigenvalue weighted by Gasteiger charge is -2.29. The Labute approximate surface area is 183 Å². The molecule has 10 nitrogen and oxygen atoms in total. The van der Waals surface area contributed by atoms with Crippen molar-refractivity contribution in [3.8, 4) is 23.0 Å². The third-order valence-electron chi connectivity index (χ3n) is 5.55. The second kappa shape index (κ2) is 7.88. The van der Waals surface area contributed by atoms with Gasteiger partial charge in [-0.05, 0) is 37.1 Å². The molecule has 0 spiro atoms. The topological polar surface area (TPSA) is 119 Å². The van der Waals surface area contributed by atoms with E-state index in [0.717, 1.165) is 5.56 Å². The van der Waals surface area contributed by atoms with Crippen LogP contribution < -0.4 is 10.1 Å². The van der Waals surface area contributed by atoms with E-state index in [1.54, 1.807) is 23.0 Å². The molecule has 3 aromatic rings. The Bertz CT molecular complexity index is 1240. The van der Waals surface area contributed by atoms with E-state index in [1.165, 1.54) is 4.90 Å². The fourth-order valence-corrected chi connectivity index (χ4v) is 3.98. The third kappa shape index (κ3) is 3.49. The van der Waals surface area contributed by atoms with Crippen LogP contribution in [0.3, 0.4) is 0 Å². The first-order chi connectivity index (χ1) is 15.5. The van der Waals surface area contributed by atoms with E-state index >= 15 is 0 Å². The first kappa shape index (κ1) is 19.9. The van der Waals surface area contributed by atoms with Gasteiger partial charge in [0.15, 0.2) is 0 Å². The first-order valence-electron chi connectivity index (χ1n) is 10.3. The van der Waals surface area contributed by atoms with Crippen LogP contribution >= 0.6 is 0 Å². The summed E-state index contributed by atoms with van der Waals surface area (Å²) < 4.78 is 7.02. The van der Waals surface area contributed by atoms with E-state index in [4.69, 9.17) is 4.74 Å². The van der Waals surface area contributed by atoms with Crippen molar-refractivity contribution in [3.63, 3.8) is 0 Å². The Morgan fingerprint density at radius 2 is 2.03 bits per heavy atom. The number of ether oxygens (including phenoxy) is 1. The van der Waals surface area contributed by atoms with Crippen molar-refractivity contribution in [2.45, 2.75) is 32.4 Å². The summed E-state index contributed by atoms with van der Waals surface area (Å²) in [6.07, 6.45) is 2.29. The van der Waals surface area contributed by atoms with Crippen LogP contribution in [0.5, 0.6) is 5.88 Å². The molecule has 5 rings (SSSR count). The number of carbonyl (C=O) groups excluding carboxylic acids is 3. The Kier molecular flexibility index (Phi) is 4.89. The summed E-state index contributed by atoms with van der Waals surface area (Å²) in [7, 11) is 0. The quantitative estimate of drug-likeness (QED) is 0.607. The number of carbonyl (C=O) groups is 3. The van der Waals surface area contributed by atoms with Crippen LogP contribution in [0.15, 0.2) is 42.6 Å². The Hall–Kier alpha value is -4.08. The van der Waals surface area contributed by atoms with E-state index in [0.29, 0.717) is 48.1 Å². The van der Waals surface area contributed by atoms with Crippen LogP contribution in [-0.2, 0) is 16.1 Å². The van der Waals surface area contributed by atoms with Gasteiger partial charge in [0.25, 0.3) is 5.91 Å². The molecule has 1 fully saturated rings. The lowest BCUT2D eigenvalue weighted by Crippen LogP contribution is -2.52. The highest BCUT2D eigenvalue weighted by Crippen LogP contribution is 2.29. The lowest BCUT2D eigenvalue weighted by atomic mass is 10.0. The highest BCUT2D eigenvalue weighted by molar-refractivity contribution is 6.05. The van der Waals surface area contributed by atoms with Crippen LogP contribution in [-0.4, -0.2) is 55.2 Å². The summed E-state index contributed by atoms with van der Waals surface area (Å²) in [5.74, 6) is -0.453. The van der Waals surface area contributed by atoms with Crippen LogP contribution in [0.25, 0.3) is 17.1 Å². The first-order valence-corrected chi connectivity index (χ1v) is 10.3. The largest absolute Gasteiger partial charge is 0.478 e. The molecule has 2 aliphatic rings. The number of pyridine rings is 1. The maximum absolute atomic E-state index is 13.0. The minimum absolute atomic E-state index is 0.224. The number of imide groups is 1. The van der Waals surface area contributed by atoms with Gasteiger partial charge in [-0.1, -0.05) is 17.3 Å². The second-order valence-corrected chi connectivity index (χ2v) is 7.58. The molecule has 1 atom stereocenters. The third-order valence-corrected chi connectivity index (χ3v) is 5.55. The van der Waals surface area contributed by atoms with Crippen molar-refractivity contribution in [1.82, 2.24) is 30.2 Å². The number of piperidine rings is 1. The lowest BCUT2D eigenvalue weighted by molar-refractivity contribution is -0.136. The number of hydrogen-bond donors (Lipinski definition) is 1. The fraction of sp³-hybridized carbons (Fsp3) is 0.273. The molecule has 0 bridgehead atoms. The summed E-state index contributed by atoms with van der Waals surface area (Å²) in [6, 6.07) is 10.2. The highest BCUT2D eigenvalue weighted by atomic mass is 16.5. The zero-order valence-electron chi connectivity index (χ0n) is 17.3. The molecule has 32 heavy (non-hydrogen) atoms. The van der Waals surface area contributed by atoms with Gasteiger partial charge in [0.2, 0.25) is 17.7 Å². The van der Waals surface area contributed by atoms with Crippen molar-refractivity contribution in [2.24, 2.45) is 0 Å². The molecule has 1 unspecified atom stereocenters. The summed E-state index contributed by atoms with van der Waals surface area (Å²) in [5, 5.41) is 10.7. The summed E-state index contributed by atoms with van der Waals surface area (Å²) in [4.78, 5) is 42.6. The standard InChI is InChI=1S/C22H20N6O4/c1-2-32-20-5-3-4-16(23-20)17-12-28(26-25-17)14-7-6-13-11-27(22(31)15(13)10-14)18-8-9-19(29)24-21(18)30/h3-7,10,12,18H,2,8-9,11H2,1H3,(H,24,29,30). The molecule has 0 saturated carbocycles. The number of amides is 3. The maximum Gasteiger partial charge on any atom is 0.255 e. The van der Waals surface area contributed by atoms with Crippen molar-refractivity contribution in [3.05, 3.63) is 53.7 Å². The number of benzene rings is 1. The molecule has 1 N–H and O–H groups in total. The van der Waals surface area contributed by atoms with Crippen molar-refractivity contribution < 1.29 is 19.1 Å². The molecule has 4 heterocycles. The summed E-state index contributed by atoms with van der Waals surface area (Å²) >= 11 is 0. The van der Waals surface area contributed by atoms with Gasteiger partial charge in [-0.2, -0.15) is 0 Å². The van der Waals surface area contributed by atoms with E-state index in [1.807, 2.05) is 31.2 Å². The predicted octanol–water partition coefficient (Wildman–Crippen LogP) is 1.49. The summed E-state index contributed by atoms with van der Waals surface area (Å²) in [6.45, 7) is 2.74. The van der Waals surface area contributed by atoms with Crippen LogP contribution in [0, 0.1) is 0 Å². The SMILES string of the molecule is CCOc1cccc(-c2cn(-c3ccc4c(c3)C(=O)N(C3CCC(=O)NC3=O)C4)nn2)n1. The van der Waals surface area contributed by atoms with Gasteiger partial charge in [-0.3, -0.25) is 19.7 Å². The smallest absolute Gasteiger partial charge is 0.255 e. The average molecular weight is 432 g/mol. The van der Waals surface area contributed by atoms with E-state index < -0.39 is 11.9 Å². The average Bonchev–Trinajstić information content (AvgIpc) is 3.40. The molecule has 3 amide bonds. The van der Waals surface area contributed by atoms with Crippen LogP contribution in [0.1, 0.15) is 35.7 Å². The van der Waals surface area contributed by atoms with Gasteiger partial charge in [0.1, 0.15) is 11.7 Å². The Morgan fingerprint density at radius 1 is 1.16 bits per heavy atom. The number of aromatic nitrogens is 4. The van der Waals surface area contributed by atoms with Gasteiger partial charge in [0.05, 0.1) is 24.2 Å². The van der Waals surface area contributed by atoms with Gasteiger partial charge >= 0.3 is 0 Å². The zero-order chi connectivity index (χ0) is 22.2. The number of nitrogens with zero attached hydrogens (tertiary/aromatic N) is 5. The molecule has 162 valence electrons. The molecular weight excluding hydrogens is 412 g/mol. The molecule has 1 aromatic carbocycles. The molecule has 0 aliphatic carbocycles. The fourth-order valence-electron chi connectivity index (χ4n) is 3.98. The number of fused-ring (bicyclic) bond motifs is 1. The maximum atomic E-state index is 13.0. The Balaban J connectivity index is 1.39. The Morgan fingerprint density at radius 3 is 2.84 bits per heavy atom.